The maximum atomic E-state index is 13.7. The van der Waals surface area contributed by atoms with Crippen LogP contribution < -0.4 is 19.1 Å². The first-order chi connectivity index (χ1) is 20.5. The van der Waals surface area contributed by atoms with Gasteiger partial charge in [-0.3, -0.25) is 0 Å². The fourth-order valence-electron chi connectivity index (χ4n) is 4.83. The minimum atomic E-state index is -1.67. The molecule has 1 aliphatic heterocycles. The summed E-state index contributed by atoms with van der Waals surface area (Å²) in [6, 6.07) is 14.7. The Bertz CT molecular complexity index is 1480. The van der Waals surface area contributed by atoms with Crippen molar-refractivity contribution in [3.05, 3.63) is 59.7 Å². The monoisotopic (exact) mass is 652 g/mol. The second-order valence-electron chi connectivity index (χ2n) is 11.7. The van der Waals surface area contributed by atoms with E-state index in [0.717, 1.165) is 43.8 Å². The standard InChI is InChI=1S/C33H41AsN2O7/c1-21(2)43-32(39)35-27-20-22(33(3,4)5)19-26(30(27)40-6)34-31(38)29(37)25-11-12-28(24-10-8-7-9-23(24)25)42-18-15-36-13-16-41-17-14-36/h7-12,19-21,34H,13-18H2,1-6H3,(H,35,39). The van der Waals surface area contributed by atoms with Crippen molar-refractivity contribution in [2.75, 3.05) is 51.9 Å². The Morgan fingerprint density at radius 2 is 1.72 bits per heavy atom. The number of Topliss-reactive ketones (excluding diaryl/α,β-unsaturated/α-hetero) is 1. The molecular formula is C33H41AsN2O7. The fraction of sp³-hybridized carbons (Fsp3) is 0.424. The summed E-state index contributed by atoms with van der Waals surface area (Å²) in [5.74, 6) is 0.490. The number of benzene rings is 3. The molecular weight excluding hydrogens is 611 g/mol. The number of morpholine rings is 1. The zero-order chi connectivity index (χ0) is 31.1. The molecule has 230 valence electrons. The van der Waals surface area contributed by atoms with Gasteiger partial charge in [0.15, 0.2) is 0 Å². The molecule has 1 unspecified atom stereocenters. The summed E-state index contributed by atoms with van der Waals surface area (Å²) >= 11 is -1.67. The zero-order valence-electron chi connectivity index (χ0n) is 25.7. The first kappa shape index (κ1) is 32.5. The van der Waals surface area contributed by atoms with Gasteiger partial charge in [0, 0.05) is 0 Å². The van der Waals surface area contributed by atoms with Crippen molar-refractivity contribution in [1.82, 2.24) is 4.90 Å². The van der Waals surface area contributed by atoms with Gasteiger partial charge in [0.2, 0.25) is 0 Å². The molecule has 10 heteroatoms. The average Bonchev–Trinajstić information content (AvgIpc) is 2.96. The van der Waals surface area contributed by atoms with Gasteiger partial charge in [-0.1, -0.05) is 0 Å². The van der Waals surface area contributed by atoms with Gasteiger partial charge in [-0.05, 0) is 0 Å². The minimum absolute atomic E-state index is 0.285. The van der Waals surface area contributed by atoms with Gasteiger partial charge in [-0.25, -0.2) is 0 Å². The maximum absolute atomic E-state index is 13.7. The summed E-state index contributed by atoms with van der Waals surface area (Å²) in [7, 11) is 1.48. The van der Waals surface area contributed by atoms with E-state index < -0.39 is 32.2 Å². The molecule has 3 aromatic carbocycles. The van der Waals surface area contributed by atoms with E-state index >= 15 is 0 Å². The Balaban J connectivity index is 1.59. The van der Waals surface area contributed by atoms with Crippen LogP contribution in [0.15, 0.2) is 48.5 Å². The number of rotatable bonds is 11. The molecule has 3 aromatic rings. The van der Waals surface area contributed by atoms with Gasteiger partial charge in [0.05, 0.1) is 0 Å². The van der Waals surface area contributed by atoms with Crippen molar-refractivity contribution in [3.63, 3.8) is 0 Å². The summed E-state index contributed by atoms with van der Waals surface area (Å²) in [4.78, 5) is 42.0. The van der Waals surface area contributed by atoms with Gasteiger partial charge < -0.3 is 4.74 Å². The van der Waals surface area contributed by atoms with Crippen LogP contribution in [0.5, 0.6) is 11.5 Å². The first-order valence-corrected chi connectivity index (χ1v) is 16.6. The summed E-state index contributed by atoms with van der Waals surface area (Å²) in [5.41, 5.74) is 1.36. The van der Waals surface area contributed by atoms with Crippen LogP contribution in [0.3, 0.4) is 0 Å². The predicted octanol–water partition coefficient (Wildman–Crippen LogP) is 4.29. The second kappa shape index (κ2) is 14.4. The van der Waals surface area contributed by atoms with Gasteiger partial charge in [0.1, 0.15) is 0 Å². The number of fused-ring (bicyclic) bond motifs is 1. The van der Waals surface area contributed by atoms with Crippen LogP contribution in [0.1, 0.15) is 50.5 Å². The van der Waals surface area contributed by atoms with E-state index in [1.807, 2.05) is 57.2 Å². The molecule has 0 spiro atoms. The van der Waals surface area contributed by atoms with E-state index in [9.17, 15) is 14.4 Å². The molecule has 1 N–H and O–H groups in total. The Morgan fingerprint density at radius 3 is 2.37 bits per heavy atom. The molecule has 0 bridgehead atoms. The number of nitrogens with one attached hydrogen (secondary N) is 1. The Labute approximate surface area is 259 Å². The van der Waals surface area contributed by atoms with Crippen molar-refractivity contribution in [1.29, 1.82) is 0 Å². The number of amides is 1. The molecule has 0 aliphatic carbocycles. The first-order valence-electron chi connectivity index (χ1n) is 14.5. The molecule has 1 aliphatic rings. The molecule has 4 rings (SSSR count). The summed E-state index contributed by atoms with van der Waals surface area (Å²) in [6.07, 6.45) is -0.924. The van der Waals surface area contributed by atoms with Gasteiger partial charge in [-0.15, -0.1) is 0 Å². The molecule has 0 radical (unpaired) electrons. The van der Waals surface area contributed by atoms with Crippen molar-refractivity contribution in [2.45, 2.75) is 46.1 Å². The third-order valence-corrected chi connectivity index (χ3v) is 9.39. The van der Waals surface area contributed by atoms with Gasteiger partial charge >= 0.3 is 256 Å². The molecule has 1 heterocycles. The molecule has 0 saturated carbocycles. The second-order valence-corrected chi connectivity index (χ2v) is 14.3. The number of hydrogen-bond donors (Lipinski definition) is 1. The third-order valence-electron chi connectivity index (χ3n) is 7.09. The van der Waals surface area contributed by atoms with Crippen LogP contribution in [0.2, 0.25) is 0 Å². The number of carbonyl (C=O) groups excluding carboxylic acids is 3. The third kappa shape index (κ3) is 8.37. The molecule has 1 fully saturated rings. The SMILES string of the molecule is COc1c(NC(=O)OC(C)C)cc(C(C)(C)C)cc1[AsH]C(=O)C(=O)c1ccc(OCCN2CCOCC2)c2ccccc12. The van der Waals surface area contributed by atoms with E-state index in [0.29, 0.717) is 39.1 Å². The van der Waals surface area contributed by atoms with Crippen LogP contribution in [0.25, 0.3) is 10.8 Å². The summed E-state index contributed by atoms with van der Waals surface area (Å²) in [5, 5.41) is 4.22. The fourth-order valence-corrected chi connectivity index (χ4v) is 7.07. The van der Waals surface area contributed by atoms with Crippen molar-refractivity contribution in [3.8, 4) is 11.5 Å². The molecule has 0 aromatic heterocycles. The van der Waals surface area contributed by atoms with E-state index in [1.165, 1.54) is 7.11 Å². The Hall–Kier alpha value is -3.39. The van der Waals surface area contributed by atoms with Crippen LogP contribution in [-0.2, 0) is 19.7 Å². The molecule has 43 heavy (non-hydrogen) atoms. The normalized spacial score (nSPS) is 14.3. The Morgan fingerprint density at radius 1 is 1.02 bits per heavy atom. The zero-order valence-corrected chi connectivity index (χ0v) is 27.8. The van der Waals surface area contributed by atoms with E-state index in [4.69, 9.17) is 18.9 Å². The van der Waals surface area contributed by atoms with Crippen molar-refractivity contribution in [2.24, 2.45) is 0 Å². The van der Waals surface area contributed by atoms with Crippen LogP contribution in [-0.4, -0.2) is 89.8 Å². The average molecular weight is 653 g/mol. The van der Waals surface area contributed by atoms with E-state index in [-0.39, 0.29) is 11.5 Å². The summed E-state index contributed by atoms with van der Waals surface area (Å²) in [6.45, 7) is 14.2. The van der Waals surface area contributed by atoms with E-state index in [2.05, 4.69) is 10.2 Å². The van der Waals surface area contributed by atoms with E-state index in [1.54, 1.807) is 26.0 Å². The molecule has 1 saturated heterocycles. The number of ether oxygens (including phenoxy) is 4. The van der Waals surface area contributed by atoms with Gasteiger partial charge in [0.25, 0.3) is 0 Å². The number of hydrogen-bond acceptors (Lipinski definition) is 8. The van der Waals surface area contributed by atoms with Crippen LogP contribution >= 0.6 is 0 Å². The number of ketones is 1. The van der Waals surface area contributed by atoms with Crippen LogP contribution in [0, 0.1) is 0 Å². The summed E-state index contributed by atoms with van der Waals surface area (Å²) < 4.78 is 22.6. The topological polar surface area (TPSA) is 103 Å². The molecule has 1 atom stereocenters. The van der Waals surface area contributed by atoms with Gasteiger partial charge in [-0.2, -0.15) is 0 Å². The number of anilines is 1. The molecule has 1 amide bonds. The Kier molecular flexibility index (Phi) is 10.9. The molecule has 9 nitrogen and oxygen atoms in total. The quantitative estimate of drug-likeness (QED) is 0.186. The predicted molar refractivity (Wildman–Crippen MR) is 170 cm³/mol. The van der Waals surface area contributed by atoms with Crippen molar-refractivity contribution < 1.29 is 33.3 Å². The number of nitrogens with zero attached hydrogens (tertiary/aromatic N) is 1. The number of carbonyl (C=O) groups is 3. The number of methoxy groups -OCH3 is 1. The van der Waals surface area contributed by atoms with Crippen LogP contribution in [0.4, 0.5) is 10.5 Å². The van der Waals surface area contributed by atoms with Crippen molar-refractivity contribution >= 4 is 53.0 Å².